The number of anilines is 1. The van der Waals surface area contributed by atoms with Crippen molar-refractivity contribution in [2.24, 2.45) is 0 Å². The van der Waals surface area contributed by atoms with Crippen LogP contribution in [0.1, 0.15) is 25.1 Å². The van der Waals surface area contributed by atoms with E-state index in [1.165, 1.54) is 4.88 Å². The summed E-state index contributed by atoms with van der Waals surface area (Å²) < 4.78 is 2.17. The van der Waals surface area contributed by atoms with Crippen LogP contribution in [-0.2, 0) is 13.0 Å². The quantitative estimate of drug-likeness (QED) is 0.850. The van der Waals surface area contributed by atoms with Gasteiger partial charge in [0.2, 0.25) is 5.95 Å². The zero-order valence-electron chi connectivity index (χ0n) is 10.4. The predicted molar refractivity (Wildman–Crippen MR) is 73.6 cm³/mol. The van der Waals surface area contributed by atoms with E-state index in [2.05, 4.69) is 46.2 Å². The second-order valence-electron chi connectivity index (χ2n) is 4.27. The van der Waals surface area contributed by atoms with E-state index in [0.717, 1.165) is 25.3 Å². The number of nitrogens with zero attached hydrogens (tertiary/aromatic N) is 2. The Hall–Kier alpha value is -1.29. The van der Waals surface area contributed by atoms with Crippen molar-refractivity contribution in [1.29, 1.82) is 0 Å². The van der Waals surface area contributed by atoms with Gasteiger partial charge in [0.25, 0.3) is 0 Å². The van der Waals surface area contributed by atoms with Crippen LogP contribution in [0.25, 0.3) is 0 Å². The fourth-order valence-electron chi connectivity index (χ4n) is 1.87. The molecule has 0 aliphatic carbocycles. The third-order valence-corrected chi connectivity index (χ3v) is 3.54. The average molecular weight is 249 g/mol. The third kappa shape index (κ3) is 3.33. The molecule has 4 heteroatoms. The molecule has 0 aliphatic rings. The maximum atomic E-state index is 4.36. The van der Waals surface area contributed by atoms with Crippen LogP contribution in [0.2, 0.25) is 0 Å². The first kappa shape index (κ1) is 12.2. The van der Waals surface area contributed by atoms with Crippen molar-refractivity contribution in [3.05, 3.63) is 34.8 Å². The van der Waals surface area contributed by atoms with E-state index < -0.39 is 0 Å². The summed E-state index contributed by atoms with van der Waals surface area (Å²) in [7, 11) is 0. The van der Waals surface area contributed by atoms with Crippen molar-refractivity contribution in [3.8, 4) is 0 Å². The van der Waals surface area contributed by atoms with Gasteiger partial charge in [0.05, 0.1) is 0 Å². The van der Waals surface area contributed by atoms with Crippen molar-refractivity contribution in [2.75, 3.05) is 5.32 Å². The largest absolute Gasteiger partial charge is 0.353 e. The highest BCUT2D eigenvalue weighted by Gasteiger charge is 2.08. The minimum Gasteiger partial charge on any atom is -0.353 e. The molecule has 17 heavy (non-hydrogen) atoms. The van der Waals surface area contributed by atoms with Crippen LogP contribution in [-0.4, -0.2) is 15.6 Å². The lowest BCUT2D eigenvalue weighted by Gasteiger charge is -2.15. The van der Waals surface area contributed by atoms with E-state index in [-0.39, 0.29) is 0 Å². The molecule has 2 heterocycles. The molecule has 0 fully saturated rings. The highest BCUT2D eigenvalue weighted by Crippen LogP contribution is 2.14. The molecule has 0 aliphatic heterocycles. The van der Waals surface area contributed by atoms with Crippen LogP contribution in [0.15, 0.2) is 29.9 Å². The van der Waals surface area contributed by atoms with Crippen LogP contribution in [0.3, 0.4) is 0 Å². The molecule has 2 rings (SSSR count). The average Bonchev–Trinajstić information content (AvgIpc) is 2.92. The van der Waals surface area contributed by atoms with Crippen molar-refractivity contribution >= 4 is 17.3 Å². The van der Waals surface area contributed by atoms with Gasteiger partial charge in [-0.1, -0.05) is 13.0 Å². The summed E-state index contributed by atoms with van der Waals surface area (Å²) in [5, 5.41) is 5.60. The van der Waals surface area contributed by atoms with Crippen LogP contribution < -0.4 is 5.32 Å². The van der Waals surface area contributed by atoms with Crippen LogP contribution in [0.5, 0.6) is 0 Å². The molecule has 0 bridgehead atoms. The summed E-state index contributed by atoms with van der Waals surface area (Å²) >= 11 is 1.81. The van der Waals surface area contributed by atoms with E-state index in [4.69, 9.17) is 0 Å². The fraction of sp³-hybridized carbons (Fsp3) is 0.462. The Bertz CT molecular complexity index is 433. The number of aryl methyl sites for hydroxylation is 1. The minimum absolute atomic E-state index is 0.409. The Morgan fingerprint density at radius 1 is 1.53 bits per heavy atom. The summed E-state index contributed by atoms with van der Waals surface area (Å²) in [6.07, 6.45) is 6.07. The van der Waals surface area contributed by atoms with Crippen molar-refractivity contribution in [1.82, 2.24) is 9.55 Å². The van der Waals surface area contributed by atoms with Gasteiger partial charge in [-0.25, -0.2) is 4.98 Å². The molecule has 0 aromatic carbocycles. The van der Waals surface area contributed by atoms with Gasteiger partial charge in [0.1, 0.15) is 0 Å². The lowest BCUT2D eigenvalue weighted by molar-refractivity contribution is 0.669. The van der Waals surface area contributed by atoms with Crippen LogP contribution in [0, 0.1) is 0 Å². The van der Waals surface area contributed by atoms with Gasteiger partial charge >= 0.3 is 0 Å². The Morgan fingerprint density at radius 2 is 2.41 bits per heavy atom. The topological polar surface area (TPSA) is 29.9 Å². The number of imidazole rings is 1. The fourth-order valence-corrected chi connectivity index (χ4v) is 2.71. The Kier molecular flexibility index (Phi) is 4.20. The molecule has 0 amide bonds. The summed E-state index contributed by atoms with van der Waals surface area (Å²) in [6, 6.07) is 4.69. The molecule has 3 nitrogen and oxygen atoms in total. The molecule has 0 spiro atoms. The summed E-state index contributed by atoms with van der Waals surface area (Å²) in [5.74, 6) is 0.982. The number of hydrogen-bond donors (Lipinski definition) is 1. The smallest absolute Gasteiger partial charge is 0.202 e. The monoisotopic (exact) mass is 249 g/mol. The van der Waals surface area contributed by atoms with Crippen molar-refractivity contribution in [2.45, 2.75) is 39.3 Å². The third-order valence-electron chi connectivity index (χ3n) is 2.64. The van der Waals surface area contributed by atoms with Gasteiger partial charge in [-0.3, -0.25) is 0 Å². The van der Waals surface area contributed by atoms with Crippen molar-refractivity contribution < 1.29 is 0 Å². The number of nitrogens with one attached hydrogen (secondary N) is 1. The van der Waals surface area contributed by atoms with Gasteiger partial charge < -0.3 is 9.88 Å². The zero-order valence-corrected chi connectivity index (χ0v) is 11.2. The van der Waals surface area contributed by atoms with E-state index in [1.54, 1.807) is 0 Å². The predicted octanol–water partition coefficient (Wildman–Crippen LogP) is 3.40. The van der Waals surface area contributed by atoms with E-state index >= 15 is 0 Å². The van der Waals surface area contributed by atoms with Gasteiger partial charge in [-0.05, 0) is 24.8 Å². The summed E-state index contributed by atoms with van der Waals surface area (Å²) in [4.78, 5) is 5.77. The molecule has 2 aromatic heterocycles. The normalized spacial score (nSPS) is 12.6. The Balaban J connectivity index is 1.93. The highest BCUT2D eigenvalue weighted by atomic mass is 32.1. The Morgan fingerprint density at radius 3 is 3.12 bits per heavy atom. The molecule has 1 unspecified atom stereocenters. The zero-order chi connectivity index (χ0) is 12.1. The first-order chi connectivity index (χ1) is 8.29. The van der Waals surface area contributed by atoms with Crippen LogP contribution >= 0.6 is 11.3 Å². The molecule has 1 atom stereocenters. The summed E-state index contributed by atoms with van der Waals surface area (Å²) in [6.45, 7) is 5.40. The standard InChI is InChI=1S/C13H19N3S/c1-3-7-16-8-6-14-13(16)15-11(2)10-12-5-4-9-17-12/h4-6,8-9,11H,3,7,10H2,1-2H3,(H,14,15). The van der Waals surface area contributed by atoms with Crippen LogP contribution in [0.4, 0.5) is 5.95 Å². The number of thiophene rings is 1. The lowest BCUT2D eigenvalue weighted by Crippen LogP contribution is -2.20. The number of hydrogen-bond acceptors (Lipinski definition) is 3. The minimum atomic E-state index is 0.409. The maximum absolute atomic E-state index is 4.36. The molecule has 0 radical (unpaired) electrons. The molecule has 0 saturated heterocycles. The number of rotatable bonds is 6. The van der Waals surface area contributed by atoms with E-state index in [1.807, 2.05) is 23.7 Å². The first-order valence-electron chi connectivity index (χ1n) is 6.09. The molecule has 1 N–H and O–H groups in total. The van der Waals surface area contributed by atoms with Gasteiger partial charge in [-0.2, -0.15) is 0 Å². The summed E-state index contributed by atoms with van der Waals surface area (Å²) in [5.41, 5.74) is 0. The van der Waals surface area contributed by atoms with Gasteiger partial charge in [0.15, 0.2) is 0 Å². The second-order valence-corrected chi connectivity index (χ2v) is 5.31. The maximum Gasteiger partial charge on any atom is 0.202 e. The number of aromatic nitrogens is 2. The van der Waals surface area contributed by atoms with E-state index in [9.17, 15) is 0 Å². The lowest BCUT2D eigenvalue weighted by atomic mass is 10.2. The second kappa shape index (κ2) is 5.87. The van der Waals surface area contributed by atoms with Gasteiger partial charge in [-0.15, -0.1) is 11.3 Å². The Labute approximate surface area is 107 Å². The SMILES string of the molecule is CCCn1ccnc1NC(C)Cc1cccs1. The van der Waals surface area contributed by atoms with Gasteiger partial charge in [0, 0.05) is 36.3 Å². The molecular formula is C13H19N3S. The van der Waals surface area contributed by atoms with Crippen molar-refractivity contribution in [3.63, 3.8) is 0 Å². The van der Waals surface area contributed by atoms with E-state index in [0.29, 0.717) is 6.04 Å². The molecule has 92 valence electrons. The molecule has 2 aromatic rings. The highest BCUT2D eigenvalue weighted by molar-refractivity contribution is 7.09. The first-order valence-corrected chi connectivity index (χ1v) is 6.97. The molecule has 0 saturated carbocycles. The molecular weight excluding hydrogens is 230 g/mol.